The Labute approximate surface area is 70.5 Å². The van der Waals surface area contributed by atoms with Crippen molar-refractivity contribution in [2.75, 3.05) is 0 Å². The molecule has 1 aliphatic carbocycles. The number of carbonyl (C=O) groups is 1. The van der Waals surface area contributed by atoms with Crippen molar-refractivity contribution in [2.45, 2.75) is 36.8 Å². The molecule has 58 valence electrons. The summed E-state index contributed by atoms with van der Waals surface area (Å²) in [5.74, 6) is 0. The van der Waals surface area contributed by atoms with Crippen molar-refractivity contribution in [1.29, 1.82) is 0 Å². The van der Waals surface area contributed by atoms with Crippen LogP contribution in [0.5, 0.6) is 0 Å². The van der Waals surface area contributed by atoms with E-state index in [2.05, 4.69) is 0 Å². The van der Waals surface area contributed by atoms with E-state index in [1.54, 1.807) is 6.92 Å². The Bertz CT molecular complexity index is 138. The summed E-state index contributed by atoms with van der Waals surface area (Å²) in [4.78, 5) is 10.6. The third kappa shape index (κ3) is 2.17. The van der Waals surface area contributed by atoms with Gasteiger partial charge in [-0.15, -0.1) is 11.6 Å². The Hall–Kier alpha value is 0.310. The molecule has 1 aliphatic rings. The number of hydrogen-bond donors (Lipinski definition) is 0. The number of thioether (sulfide) groups is 1. The largest absolute Gasteiger partial charge is 0.288 e. The minimum Gasteiger partial charge on any atom is -0.288 e. The van der Waals surface area contributed by atoms with Crippen molar-refractivity contribution in [3.8, 4) is 0 Å². The molecule has 0 heterocycles. The number of carbonyl (C=O) groups excluding carboxylic acids is 1. The second kappa shape index (κ2) is 3.63. The molecule has 1 nitrogen and oxygen atoms in total. The molecule has 0 bridgehead atoms. The van der Waals surface area contributed by atoms with Crippen LogP contribution in [0.3, 0.4) is 0 Å². The molecule has 3 heteroatoms. The summed E-state index contributed by atoms with van der Waals surface area (Å²) >= 11 is 7.35. The van der Waals surface area contributed by atoms with E-state index in [1.807, 2.05) is 0 Å². The first kappa shape index (κ1) is 8.41. The van der Waals surface area contributed by atoms with Crippen LogP contribution in [0.2, 0.25) is 0 Å². The molecule has 0 spiro atoms. The molecule has 0 amide bonds. The lowest BCUT2D eigenvalue weighted by atomic mass is 10.4. The SMILES string of the molecule is CC(=O)S[C@H]1CCC[C@H]1Cl. The van der Waals surface area contributed by atoms with Crippen LogP contribution in [0.15, 0.2) is 0 Å². The van der Waals surface area contributed by atoms with E-state index in [4.69, 9.17) is 11.6 Å². The van der Waals surface area contributed by atoms with Gasteiger partial charge in [-0.05, 0) is 12.8 Å². The highest BCUT2D eigenvalue weighted by atomic mass is 35.5. The fourth-order valence-corrected chi connectivity index (χ4v) is 2.66. The molecule has 0 aliphatic heterocycles. The molecule has 1 saturated carbocycles. The minimum atomic E-state index is 0.192. The van der Waals surface area contributed by atoms with Gasteiger partial charge in [0.1, 0.15) is 0 Å². The van der Waals surface area contributed by atoms with Gasteiger partial charge in [0, 0.05) is 17.6 Å². The highest BCUT2D eigenvalue weighted by Gasteiger charge is 2.26. The molecule has 0 aromatic carbocycles. The molecule has 0 N–H and O–H groups in total. The molecule has 0 aromatic rings. The Kier molecular flexibility index (Phi) is 3.05. The van der Waals surface area contributed by atoms with Crippen LogP contribution in [-0.4, -0.2) is 15.7 Å². The summed E-state index contributed by atoms with van der Waals surface area (Å²) in [5, 5.41) is 0.811. The third-order valence-corrected chi connectivity index (χ3v) is 3.56. The lowest BCUT2D eigenvalue weighted by Crippen LogP contribution is -2.10. The van der Waals surface area contributed by atoms with Gasteiger partial charge in [-0.2, -0.15) is 0 Å². The summed E-state index contributed by atoms with van der Waals surface area (Å²) in [7, 11) is 0. The van der Waals surface area contributed by atoms with E-state index in [-0.39, 0.29) is 10.5 Å². The van der Waals surface area contributed by atoms with Gasteiger partial charge in [-0.1, -0.05) is 18.2 Å². The maximum Gasteiger partial charge on any atom is 0.186 e. The minimum absolute atomic E-state index is 0.192. The topological polar surface area (TPSA) is 17.1 Å². The third-order valence-electron chi connectivity index (χ3n) is 1.69. The van der Waals surface area contributed by atoms with Gasteiger partial charge < -0.3 is 0 Å². The average molecular weight is 179 g/mol. The van der Waals surface area contributed by atoms with E-state index in [9.17, 15) is 4.79 Å². The van der Waals surface area contributed by atoms with Crippen LogP contribution in [0, 0.1) is 0 Å². The molecule has 2 atom stereocenters. The summed E-state index contributed by atoms with van der Waals surface area (Å²) in [6, 6.07) is 0. The molecule has 10 heavy (non-hydrogen) atoms. The van der Waals surface area contributed by atoms with Crippen molar-refractivity contribution in [3.63, 3.8) is 0 Å². The zero-order valence-corrected chi connectivity index (χ0v) is 7.54. The van der Waals surface area contributed by atoms with E-state index in [0.29, 0.717) is 5.25 Å². The van der Waals surface area contributed by atoms with Crippen LogP contribution in [0.25, 0.3) is 0 Å². The maximum atomic E-state index is 10.6. The van der Waals surface area contributed by atoms with Gasteiger partial charge in [0.2, 0.25) is 0 Å². The summed E-state index contributed by atoms with van der Waals surface area (Å²) in [6.45, 7) is 1.60. The maximum absolute atomic E-state index is 10.6. The van der Waals surface area contributed by atoms with Crippen molar-refractivity contribution in [3.05, 3.63) is 0 Å². The molecule has 0 radical (unpaired) electrons. The molecule has 1 fully saturated rings. The van der Waals surface area contributed by atoms with Gasteiger partial charge in [-0.25, -0.2) is 0 Å². The number of hydrogen-bond acceptors (Lipinski definition) is 2. The predicted molar refractivity (Wildman–Crippen MR) is 45.6 cm³/mol. The Morgan fingerprint density at radius 1 is 1.60 bits per heavy atom. The van der Waals surface area contributed by atoms with E-state index >= 15 is 0 Å². The second-order valence-electron chi connectivity index (χ2n) is 2.59. The Morgan fingerprint density at radius 2 is 2.30 bits per heavy atom. The first-order valence-electron chi connectivity index (χ1n) is 3.51. The van der Waals surface area contributed by atoms with Crippen LogP contribution >= 0.6 is 23.4 Å². The predicted octanol–water partition coefficient (Wildman–Crippen LogP) is 2.43. The molecule has 0 saturated heterocycles. The van der Waals surface area contributed by atoms with Crippen molar-refractivity contribution in [1.82, 2.24) is 0 Å². The van der Waals surface area contributed by atoms with Crippen molar-refractivity contribution in [2.24, 2.45) is 0 Å². The van der Waals surface area contributed by atoms with Crippen LogP contribution in [0.1, 0.15) is 26.2 Å². The second-order valence-corrected chi connectivity index (χ2v) is 4.57. The fourth-order valence-electron chi connectivity index (χ4n) is 1.23. The first-order valence-corrected chi connectivity index (χ1v) is 4.83. The number of rotatable bonds is 1. The van der Waals surface area contributed by atoms with Gasteiger partial charge >= 0.3 is 0 Å². The number of halogens is 1. The van der Waals surface area contributed by atoms with Crippen molar-refractivity contribution >= 4 is 28.5 Å². The molecule has 0 unspecified atom stereocenters. The highest BCUT2D eigenvalue weighted by Crippen LogP contribution is 2.33. The van der Waals surface area contributed by atoms with E-state index in [0.717, 1.165) is 12.8 Å². The highest BCUT2D eigenvalue weighted by molar-refractivity contribution is 8.14. The molecule has 0 aromatic heterocycles. The summed E-state index contributed by atoms with van der Waals surface area (Å²) < 4.78 is 0. The van der Waals surface area contributed by atoms with Gasteiger partial charge in [-0.3, -0.25) is 4.79 Å². The standard InChI is InChI=1S/C7H11ClOS/c1-5(9)10-7-4-2-3-6(7)8/h6-7H,2-4H2,1H3/t6-,7+/m1/s1. The monoisotopic (exact) mass is 178 g/mol. The smallest absolute Gasteiger partial charge is 0.186 e. The quantitative estimate of drug-likeness (QED) is 0.574. The molecular weight excluding hydrogens is 168 g/mol. The van der Waals surface area contributed by atoms with Crippen LogP contribution in [-0.2, 0) is 4.79 Å². The fraction of sp³-hybridized carbons (Fsp3) is 0.857. The molecule has 1 rings (SSSR count). The van der Waals surface area contributed by atoms with Gasteiger partial charge in [0.15, 0.2) is 5.12 Å². The zero-order chi connectivity index (χ0) is 7.56. The van der Waals surface area contributed by atoms with E-state index < -0.39 is 0 Å². The zero-order valence-electron chi connectivity index (χ0n) is 5.97. The first-order chi connectivity index (χ1) is 4.70. The Morgan fingerprint density at radius 3 is 2.70 bits per heavy atom. The van der Waals surface area contributed by atoms with Gasteiger partial charge in [0.05, 0.1) is 0 Å². The van der Waals surface area contributed by atoms with Crippen molar-refractivity contribution < 1.29 is 4.79 Å². The Balaban J connectivity index is 2.33. The average Bonchev–Trinajstić information content (AvgIpc) is 2.15. The number of alkyl halides is 1. The normalized spacial score (nSPS) is 32.6. The molecular formula is C7H11ClOS. The lowest BCUT2D eigenvalue weighted by Gasteiger charge is -2.09. The van der Waals surface area contributed by atoms with Crippen LogP contribution < -0.4 is 0 Å². The lowest BCUT2D eigenvalue weighted by molar-refractivity contribution is -0.109. The van der Waals surface area contributed by atoms with Gasteiger partial charge in [0.25, 0.3) is 0 Å². The van der Waals surface area contributed by atoms with E-state index in [1.165, 1.54) is 18.2 Å². The van der Waals surface area contributed by atoms with Crippen LogP contribution in [0.4, 0.5) is 0 Å². The summed E-state index contributed by atoms with van der Waals surface area (Å²) in [5.41, 5.74) is 0. The summed E-state index contributed by atoms with van der Waals surface area (Å²) in [6.07, 6.45) is 3.37.